The molecule has 0 spiro atoms. The largest absolute Gasteiger partial charge is 0.385 e. The maximum Gasteiger partial charge on any atom is 0.111 e. The molecule has 1 atom stereocenters. The van der Waals surface area contributed by atoms with Gasteiger partial charge in [0.2, 0.25) is 0 Å². The third-order valence-corrected chi connectivity index (χ3v) is 3.14. The molecule has 2 aromatic rings. The molecule has 0 aliphatic heterocycles. The average molecular weight is 251 g/mol. The van der Waals surface area contributed by atoms with E-state index >= 15 is 0 Å². The lowest BCUT2D eigenvalue weighted by Gasteiger charge is -2.23. The lowest BCUT2D eigenvalue weighted by molar-refractivity contribution is 0.0548. The SMILES string of the molecule is Cn1ccnc1CC(C)(O)c1ccc(Cl)cc1. The Bertz CT molecular complexity index is 502. The van der Waals surface area contributed by atoms with Crippen LogP contribution in [0, 0.1) is 0 Å². The fourth-order valence-corrected chi connectivity index (χ4v) is 1.91. The first-order chi connectivity index (χ1) is 7.99. The van der Waals surface area contributed by atoms with Crippen LogP contribution in [-0.4, -0.2) is 14.7 Å². The Balaban J connectivity index is 2.24. The first-order valence-corrected chi connectivity index (χ1v) is 5.81. The molecule has 0 radical (unpaired) electrons. The summed E-state index contributed by atoms with van der Waals surface area (Å²) in [7, 11) is 1.92. The van der Waals surface area contributed by atoms with Gasteiger partial charge in [-0.3, -0.25) is 0 Å². The number of rotatable bonds is 3. The molecule has 3 nitrogen and oxygen atoms in total. The van der Waals surface area contributed by atoms with Gasteiger partial charge in [0, 0.05) is 30.9 Å². The maximum atomic E-state index is 10.5. The molecule has 0 bridgehead atoms. The van der Waals surface area contributed by atoms with Gasteiger partial charge in [-0.05, 0) is 24.6 Å². The van der Waals surface area contributed by atoms with Crippen LogP contribution in [0.5, 0.6) is 0 Å². The monoisotopic (exact) mass is 250 g/mol. The summed E-state index contributed by atoms with van der Waals surface area (Å²) in [6, 6.07) is 7.24. The Morgan fingerprint density at radius 2 is 2.00 bits per heavy atom. The molecule has 1 N–H and O–H groups in total. The van der Waals surface area contributed by atoms with E-state index in [0.717, 1.165) is 11.4 Å². The van der Waals surface area contributed by atoms with Crippen molar-refractivity contribution in [2.45, 2.75) is 18.9 Å². The van der Waals surface area contributed by atoms with Gasteiger partial charge in [0.1, 0.15) is 5.82 Å². The topological polar surface area (TPSA) is 38.0 Å². The van der Waals surface area contributed by atoms with Gasteiger partial charge < -0.3 is 9.67 Å². The minimum absolute atomic E-state index is 0.470. The highest BCUT2D eigenvalue weighted by atomic mass is 35.5. The molecular formula is C13H15ClN2O. The fraction of sp³-hybridized carbons (Fsp3) is 0.308. The van der Waals surface area contributed by atoms with Gasteiger partial charge in [0.15, 0.2) is 0 Å². The van der Waals surface area contributed by atoms with Crippen molar-refractivity contribution >= 4 is 11.6 Å². The third kappa shape index (κ3) is 2.68. The number of aliphatic hydroxyl groups is 1. The fourth-order valence-electron chi connectivity index (χ4n) is 1.79. The predicted molar refractivity (Wildman–Crippen MR) is 67.9 cm³/mol. The summed E-state index contributed by atoms with van der Waals surface area (Å²) in [6.45, 7) is 1.78. The van der Waals surface area contributed by atoms with Gasteiger partial charge in [0.25, 0.3) is 0 Å². The molecule has 1 aromatic heterocycles. The molecule has 90 valence electrons. The van der Waals surface area contributed by atoms with Crippen molar-refractivity contribution in [1.29, 1.82) is 0 Å². The van der Waals surface area contributed by atoms with Crippen molar-refractivity contribution in [3.8, 4) is 0 Å². The Morgan fingerprint density at radius 1 is 1.35 bits per heavy atom. The zero-order valence-electron chi connectivity index (χ0n) is 9.89. The van der Waals surface area contributed by atoms with E-state index in [4.69, 9.17) is 11.6 Å². The van der Waals surface area contributed by atoms with E-state index in [2.05, 4.69) is 4.98 Å². The molecule has 0 aliphatic carbocycles. The second-order valence-corrected chi connectivity index (χ2v) is 4.85. The molecular weight excluding hydrogens is 236 g/mol. The first kappa shape index (κ1) is 12.1. The number of nitrogens with zero attached hydrogens (tertiary/aromatic N) is 2. The van der Waals surface area contributed by atoms with Crippen LogP contribution in [0.25, 0.3) is 0 Å². The molecule has 4 heteroatoms. The van der Waals surface area contributed by atoms with Crippen LogP contribution in [0.4, 0.5) is 0 Å². The standard InChI is InChI=1S/C13H15ClN2O/c1-13(17,9-12-15-7-8-16(12)2)10-3-5-11(14)6-4-10/h3-8,17H,9H2,1-2H3. The number of hydrogen-bond acceptors (Lipinski definition) is 2. The van der Waals surface area contributed by atoms with Crippen LogP contribution < -0.4 is 0 Å². The van der Waals surface area contributed by atoms with Crippen LogP contribution in [0.1, 0.15) is 18.3 Å². The lowest BCUT2D eigenvalue weighted by Crippen LogP contribution is -2.25. The van der Waals surface area contributed by atoms with E-state index in [1.54, 1.807) is 25.3 Å². The van der Waals surface area contributed by atoms with Crippen molar-refractivity contribution in [2.24, 2.45) is 7.05 Å². The minimum atomic E-state index is -0.941. The average Bonchev–Trinajstić information content (AvgIpc) is 2.64. The summed E-state index contributed by atoms with van der Waals surface area (Å²) >= 11 is 5.83. The van der Waals surface area contributed by atoms with Gasteiger partial charge in [0.05, 0.1) is 5.60 Å². The highest BCUT2D eigenvalue weighted by molar-refractivity contribution is 6.30. The Kier molecular flexibility index (Phi) is 3.22. The van der Waals surface area contributed by atoms with Crippen LogP contribution in [-0.2, 0) is 19.1 Å². The number of benzene rings is 1. The summed E-state index contributed by atoms with van der Waals surface area (Å²) in [5.74, 6) is 0.852. The zero-order chi connectivity index (χ0) is 12.5. The van der Waals surface area contributed by atoms with E-state index in [1.807, 2.05) is 29.9 Å². The Hall–Kier alpha value is -1.32. The van der Waals surface area contributed by atoms with Crippen molar-refractivity contribution in [3.05, 3.63) is 53.1 Å². The van der Waals surface area contributed by atoms with Crippen molar-refractivity contribution in [1.82, 2.24) is 9.55 Å². The van der Waals surface area contributed by atoms with E-state index in [0.29, 0.717) is 11.4 Å². The Labute approximate surface area is 106 Å². The van der Waals surface area contributed by atoms with Crippen molar-refractivity contribution in [2.75, 3.05) is 0 Å². The quantitative estimate of drug-likeness (QED) is 0.909. The third-order valence-electron chi connectivity index (χ3n) is 2.89. The summed E-state index contributed by atoms with van der Waals surface area (Å²) < 4.78 is 1.91. The van der Waals surface area contributed by atoms with Crippen LogP contribution in [0.15, 0.2) is 36.7 Å². The number of aryl methyl sites for hydroxylation is 1. The minimum Gasteiger partial charge on any atom is -0.385 e. The molecule has 1 heterocycles. The molecule has 17 heavy (non-hydrogen) atoms. The second kappa shape index (κ2) is 4.51. The normalized spacial score (nSPS) is 14.6. The molecule has 1 aromatic carbocycles. The summed E-state index contributed by atoms with van der Waals surface area (Å²) in [5.41, 5.74) is -0.103. The van der Waals surface area contributed by atoms with Gasteiger partial charge >= 0.3 is 0 Å². The number of imidazole rings is 1. The van der Waals surface area contributed by atoms with Crippen LogP contribution >= 0.6 is 11.6 Å². The zero-order valence-corrected chi connectivity index (χ0v) is 10.6. The molecule has 2 rings (SSSR count). The smallest absolute Gasteiger partial charge is 0.111 e. The lowest BCUT2D eigenvalue weighted by atomic mass is 9.92. The van der Waals surface area contributed by atoms with Crippen molar-refractivity contribution in [3.63, 3.8) is 0 Å². The molecule has 0 amide bonds. The highest BCUT2D eigenvalue weighted by Gasteiger charge is 2.25. The van der Waals surface area contributed by atoms with E-state index < -0.39 is 5.60 Å². The first-order valence-electron chi connectivity index (χ1n) is 5.44. The molecule has 0 saturated carbocycles. The predicted octanol–water partition coefficient (Wildman–Crippen LogP) is 2.52. The highest BCUT2D eigenvalue weighted by Crippen LogP contribution is 2.25. The van der Waals surface area contributed by atoms with E-state index in [-0.39, 0.29) is 0 Å². The van der Waals surface area contributed by atoms with Gasteiger partial charge in [-0.2, -0.15) is 0 Å². The van der Waals surface area contributed by atoms with E-state index in [9.17, 15) is 5.11 Å². The van der Waals surface area contributed by atoms with E-state index in [1.165, 1.54) is 0 Å². The van der Waals surface area contributed by atoms with Crippen LogP contribution in [0.2, 0.25) is 5.02 Å². The molecule has 0 fully saturated rings. The maximum absolute atomic E-state index is 10.5. The summed E-state index contributed by atoms with van der Waals surface area (Å²) in [4.78, 5) is 4.22. The second-order valence-electron chi connectivity index (χ2n) is 4.41. The van der Waals surface area contributed by atoms with Crippen LogP contribution in [0.3, 0.4) is 0 Å². The molecule has 1 unspecified atom stereocenters. The summed E-state index contributed by atoms with van der Waals surface area (Å²) in [6.07, 6.45) is 4.07. The molecule has 0 saturated heterocycles. The van der Waals surface area contributed by atoms with Gasteiger partial charge in [-0.25, -0.2) is 4.98 Å². The van der Waals surface area contributed by atoms with Gasteiger partial charge in [-0.15, -0.1) is 0 Å². The number of halogens is 1. The summed E-state index contributed by atoms with van der Waals surface area (Å²) in [5, 5.41) is 11.1. The number of hydrogen-bond donors (Lipinski definition) is 1. The van der Waals surface area contributed by atoms with Gasteiger partial charge in [-0.1, -0.05) is 23.7 Å². The molecule has 0 aliphatic rings. The van der Waals surface area contributed by atoms with Crippen molar-refractivity contribution < 1.29 is 5.11 Å². The number of aromatic nitrogens is 2. The Morgan fingerprint density at radius 3 is 2.53 bits per heavy atom.